The second kappa shape index (κ2) is 5.85. The van der Waals surface area contributed by atoms with E-state index in [0.29, 0.717) is 15.9 Å². The highest BCUT2D eigenvalue weighted by atomic mass is 79.9. The number of nitrogens with zero attached hydrogens (tertiary/aromatic N) is 2. The van der Waals surface area contributed by atoms with E-state index in [4.69, 9.17) is 0 Å². The molecule has 0 N–H and O–H groups in total. The highest BCUT2D eigenvalue weighted by Crippen LogP contribution is 2.18. The van der Waals surface area contributed by atoms with Crippen LogP contribution in [0.4, 0.5) is 8.78 Å². The lowest BCUT2D eigenvalue weighted by molar-refractivity contribution is 0.0961. The van der Waals surface area contributed by atoms with Gasteiger partial charge in [-0.05, 0) is 41.9 Å². The molecule has 0 saturated carbocycles. The normalized spacial score (nSPS) is 10.7. The maximum atomic E-state index is 13.6. The van der Waals surface area contributed by atoms with Gasteiger partial charge in [0.05, 0.1) is 22.3 Å². The molecule has 7 heteroatoms. The van der Waals surface area contributed by atoms with Crippen LogP contribution < -0.4 is 5.69 Å². The SMILES string of the molecule is Cc1nc(=O)n(CC(=O)c2c(F)cccc2F)c(C)c1Br. The molecule has 4 nitrogen and oxygen atoms in total. The van der Waals surface area contributed by atoms with Gasteiger partial charge in [-0.25, -0.2) is 13.6 Å². The summed E-state index contributed by atoms with van der Waals surface area (Å²) in [5.41, 5.74) is -0.338. The van der Waals surface area contributed by atoms with Crippen molar-refractivity contribution in [2.45, 2.75) is 20.4 Å². The number of ketones is 1. The Kier molecular flexibility index (Phi) is 4.32. The summed E-state index contributed by atoms with van der Waals surface area (Å²) in [5, 5.41) is 0. The largest absolute Gasteiger partial charge is 0.348 e. The molecule has 0 bridgehead atoms. The van der Waals surface area contributed by atoms with E-state index in [1.165, 1.54) is 6.07 Å². The van der Waals surface area contributed by atoms with Crippen LogP contribution in [0.15, 0.2) is 27.5 Å². The monoisotopic (exact) mass is 356 g/mol. The van der Waals surface area contributed by atoms with Gasteiger partial charge in [0.25, 0.3) is 0 Å². The van der Waals surface area contributed by atoms with E-state index in [1.807, 2.05) is 0 Å². The number of Topliss-reactive ketones (excluding diaryl/α,β-unsaturated/α-hetero) is 1. The van der Waals surface area contributed by atoms with Crippen molar-refractivity contribution < 1.29 is 13.6 Å². The summed E-state index contributed by atoms with van der Waals surface area (Å²) < 4.78 is 28.8. The van der Waals surface area contributed by atoms with Gasteiger partial charge >= 0.3 is 5.69 Å². The van der Waals surface area contributed by atoms with E-state index in [-0.39, 0.29) is 0 Å². The molecule has 0 spiro atoms. The molecule has 0 unspecified atom stereocenters. The molecule has 2 rings (SSSR count). The highest BCUT2D eigenvalue weighted by molar-refractivity contribution is 9.10. The summed E-state index contributed by atoms with van der Waals surface area (Å²) in [7, 11) is 0. The van der Waals surface area contributed by atoms with E-state index < -0.39 is 35.2 Å². The van der Waals surface area contributed by atoms with Gasteiger partial charge in [-0.3, -0.25) is 9.36 Å². The molecule has 21 heavy (non-hydrogen) atoms. The first-order valence-electron chi connectivity index (χ1n) is 6.03. The fourth-order valence-electron chi connectivity index (χ4n) is 1.95. The Morgan fingerprint density at radius 2 is 1.86 bits per heavy atom. The first kappa shape index (κ1) is 15.5. The lowest BCUT2D eigenvalue weighted by Gasteiger charge is -2.12. The predicted octanol–water partition coefficient (Wildman–Crippen LogP) is 2.78. The third-order valence-electron chi connectivity index (χ3n) is 3.08. The fourth-order valence-corrected chi connectivity index (χ4v) is 2.25. The van der Waals surface area contributed by atoms with E-state index in [0.717, 1.165) is 16.7 Å². The summed E-state index contributed by atoms with van der Waals surface area (Å²) >= 11 is 3.26. The molecule has 0 saturated heterocycles. The Bertz CT molecular complexity index is 767. The predicted molar refractivity (Wildman–Crippen MR) is 76.4 cm³/mol. The summed E-state index contributed by atoms with van der Waals surface area (Å²) in [4.78, 5) is 27.7. The first-order valence-corrected chi connectivity index (χ1v) is 6.83. The molecule has 1 aromatic carbocycles. The molecular formula is C14H11BrF2N2O2. The maximum Gasteiger partial charge on any atom is 0.348 e. The third kappa shape index (κ3) is 2.92. The summed E-state index contributed by atoms with van der Waals surface area (Å²) in [6.07, 6.45) is 0. The second-order valence-corrected chi connectivity index (χ2v) is 5.28. The molecule has 0 amide bonds. The smallest absolute Gasteiger partial charge is 0.292 e. The zero-order chi connectivity index (χ0) is 15.7. The average molecular weight is 357 g/mol. The maximum absolute atomic E-state index is 13.6. The summed E-state index contributed by atoms with van der Waals surface area (Å²) in [5.74, 6) is -2.73. The van der Waals surface area contributed by atoms with Crippen LogP contribution in [0.1, 0.15) is 21.7 Å². The Balaban J connectivity index is 2.46. The molecule has 1 aromatic heterocycles. The fraction of sp³-hybridized carbons (Fsp3) is 0.214. The Morgan fingerprint density at radius 1 is 1.29 bits per heavy atom. The Labute approximate surface area is 127 Å². The summed E-state index contributed by atoms with van der Waals surface area (Å²) in [6.45, 7) is 2.78. The molecule has 1 heterocycles. The number of carbonyl (C=O) groups is 1. The summed E-state index contributed by atoms with van der Waals surface area (Å²) in [6, 6.07) is 3.16. The van der Waals surface area contributed by atoms with E-state index >= 15 is 0 Å². The quantitative estimate of drug-likeness (QED) is 0.794. The standard InChI is InChI=1S/C14H11BrF2N2O2/c1-7-13(15)8(2)19(14(21)18-7)6-11(20)12-9(16)4-3-5-10(12)17/h3-5H,6H2,1-2H3. The zero-order valence-electron chi connectivity index (χ0n) is 11.3. The second-order valence-electron chi connectivity index (χ2n) is 4.49. The molecule has 110 valence electrons. The molecular weight excluding hydrogens is 346 g/mol. The molecule has 0 radical (unpaired) electrons. The van der Waals surface area contributed by atoms with Crippen LogP contribution in [0.25, 0.3) is 0 Å². The van der Waals surface area contributed by atoms with Gasteiger partial charge in [0, 0.05) is 5.69 Å². The van der Waals surface area contributed by atoms with Crippen molar-refractivity contribution in [2.75, 3.05) is 0 Å². The number of hydrogen-bond donors (Lipinski definition) is 0. The van der Waals surface area contributed by atoms with Crippen LogP contribution in [0.5, 0.6) is 0 Å². The van der Waals surface area contributed by atoms with Crippen LogP contribution in [-0.4, -0.2) is 15.3 Å². The van der Waals surface area contributed by atoms with Crippen molar-refractivity contribution in [3.63, 3.8) is 0 Å². The third-order valence-corrected chi connectivity index (χ3v) is 4.23. The highest BCUT2D eigenvalue weighted by Gasteiger charge is 2.19. The Morgan fingerprint density at radius 3 is 2.43 bits per heavy atom. The number of carbonyl (C=O) groups excluding carboxylic acids is 1. The van der Waals surface area contributed by atoms with E-state index in [1.54, 1.807) is 13.8 Å². The number of hydrogen-bond acceptors (Lipinski definition) is 3. The van der Waals surface area contributed by atoms with Crippen LogP contribution >= 0.6 is 15.9 Å². The van der Waals surface area contributed by atoms with Crippen LogP contribution in [0.3, 0.4) is 0 Å². The topological polar surface area (TPSA) is 52.0 Å². The number of halogens is 3. The lowest BCUT2D eigenvalue weighted by Crippen LogP contribution is -2.30. The number of benzene rings is 1. The van der Waals surface area contributed by atoms with Crippen LogP contribution in [-0.2, 0) is 6.54 Å². The molecule has 0 aliphatic rings. The minimum Gasteiger partial charge on any atom is -0.292 e. The minimum absolute atomic E-state index is 0.470. The van der Waals surface area contributed by atoms with Gasteiger partial charge in [-0.2, -0.15) is 4.98 Å². The van der Waals surface area contributed by atoms with E-state index in [2.05, 4.69) is 20.9 Å². The average Bonchev–Trinajstić information content (AvgIpc) is 2.41. The molecule has 0 aliphatic carbocycles. The van der Waals surface area contributed by atoms with Crippen LogP contribution in [0, 0.1) is 25.5 Å². The van der Waals surface area contributed by atoms with Crippen LogP contribution in [0.2, 0.25) is 0 Å². The van der Waals surface area contributed by atoms with Crippen molar-refractivity contribution in [2.24, 2.45) is 0 Å². The molecule has 2 aromatic rings. The van der Waals surface area contributed by atoms with Gasteiger partial charge in [-0.15, -0.1) is 0 Å². The molecule has 0 aliphatic heterocycles. The number of aromatic nitrogens is 2. The van der Waals surface area contributed by atoms with Crippen molar-refractivity contribution in [3.8, 4) is 0 Å². The zero-order valence-corrected chi connectivity index (χ0v) is 12.9. The molecule has 0 fully saturated rings. The van der Waals surface area contributed by atoms with Gasteiger partial charge in [0.15, 0.2) is 5.78 Å². The minimum atomic E-state index is -0.954. The molecule has 0 atom stereocenters. The van der Waals surface area contributed by atoms with Crippen molar-refractivity contribution in [1.29, 1.82) is 0 Å². The Hall–Kier alpha value is -1.89. The van der Waals surface area contributed by atoms with Gasteiger partial charge in [-0.1, -0.05) is 6.07 Å². The number of rotatable bonds is 3. The van der Waals surface area contributed by atoms with Crippen molar-refractivity contribution in [1.82, 2.24) is 9.55 Å². The van der Waals surface area contributed by atoms with Gasteiger partial charge in [0.2, 0.25) is 0 Å². The van der Waals surface area contributed by atoms with Crippen molar-refractivity contribution in [3.05, 3.63) is 61.7 Å². The lowest BCUT2D eigenvalue weighted by atomic mass is 10.1. The van der Waals surface area contributed by atoms with Crippen molar-refractivity contribution >= 4 is 21.7 Å². The first-order chi connectivity index (χ1) is 9.82. The van der Waals surface area contributed by atoms with E-state index in [9.17, 15) is 18.4 Å². The van der Waals surface area contributed by atoms with Gasteiger partial charge in [0.1, 0.15) is 11.6 Å². The number of aryl methyl sites for hydroxylation is 1. The van der Waals surface area contributed by atoms with Gasteiger partial charge < -0.3 is 0 Å².